The number of anilines is 2. The van der Waals surface area contributed by atoms with Crippen LogP contribution in [0.2, 0.25) is 0 Å². The molecule has 1 aliphatic heterocycles. The number of nitrogens with one attached hydrogen (secondary N) is 2. The second-order valence-electron chi connectivity index (χ2n) is 7.18. The molecule has 25 heavy (non-hydrogen) atoms. The zero-order chi connectivity index (χ0) is 17.1. The predicted octanol–water partition coefficient (Wildman–Crippen LogP) is 3.08. The fourth-order valence-electron chi connectivity index (χ4n) is 4.15. The highest BCUT2D eigenvalue weighted by molar-refractivity contribution is 5.53. The molecule has 1 aromatic heterocycles. The topological polar surface area (TPSA) is 75.9 Å². The minimum absolute atomic E-state index is 0.323. The molecule has 1 aromatic carbocycles. The van der Waals surface area contributed by atoms with Gasteiger partial charge >= 0.3 is 0 Å². The second-order valence-corrected chi connectivity index (χ2v) is 7.18. The first-order valence-electron chi connectivity index (χ1n) is 9.50. The minimum Gasteiger partial charge on any atom is -0.368 e. The van der Waals surface area contributed by atoms with Crippen molar-refractivity contribution >= 4 is 11.8 Å². The van der Waals surface area contributed by atoms with Crippen molar-refractivity contribution in [2.75, 3.05) is 24.1 Å². The average molecular weight is 337 g/mol. The number of nitrogens with zero attached hydrogens (tertiary/aromatic N) is 2. The smallest absolute Gasteiger partial charge is 0.222 e. The van der Waals surface area contributed by atoms with E-state index < -0.39 is 0 Å². The molecule has 0 spiro atoms. The maximum atomic E-state index is 6.05. The van der Waals surface area contributed by atoms with Crippen LogP contribution < -0.4 is 16.4 Å². The Balaban J connectivity index is 1.60. The largest absolute Gasteiger partial charge is 0.368 e. The summed E-state index contributed by atoms with van der Waals surface area (Å²) in [6.45, 7) is 2.02. The number of nitrogen functional groups attached to an aromatic ring is 1. The van der Waals surface area contributed by atoms with Crippen LogP contribution in [0.4, 0.5) is 11.8 Å². The van der Waals surface area contributed by atoms with Gasteiger partial charge in [-0.15, -0.1) is 0 Å². The Kier molecular flexibility index (Phi) is 4.83. The SMILES string of the molecule is Nc1nc(NCC2CCCCN2)c2c(n1)C(c1ccccc1)CCC2. The first-order valence-corrected chi connectivity index (χ1v) is 9.50. The van der Waals surface area contributed by atoms with E-state index in [0.29, 0.717) is 17.9 Å². The maximum absolute atomic E-state index is 6.05. The third kappa shape index (κ3) is 3.61. The van der Waals surface area contributed by atoms with Gasteiger partial charge in [0.2, 0.25) is 5.95 Å². The average Bonchev–Trinajstić information content (AvgIpc) is 2.67. The van der Waals surface area contributed by atoms with Gasteiger partial charge < -0.3 is 16.4 Å². The van der Waals surface area contributed by atoms with Crippen molar-refractivity contribution in [1.82, 2.24) is 15.3 Å². The Bertz CT molecular complexity index is 710. The lowest BCUT2D eigenvalue weighted by Crippen LogP contribution is -2.39. The van der Waals surface area contributed by atoms with E-state index in [1.54, 1.807) is 0 Å². The lowest BCUT2D eigenvalue weighted by molar-refractivity contribution is 0.414. The molecule has 5 nitrogen and oxygen atoms in total. The standard InChI is InChI=1S/C20H27N5/c21-20-24-18-16(14-7-2-1-3-8-14)10-6-11-17(18)19(25-20)23-13-15-9-4-5-12-22-15/h1-3,7-8,15-16,22H,4-6,9-13H2,(H3,21,23,24,25). The lowest BCUT2D eigenvalue weighted by atomic mass is 9.82. The summed E-state index contributed by atoms with van der Waals surface area (Å²) >= 11 is 0. The first-order chi connectivity index (χ1) is 12.3. The lowest BCUT2D eigenvalue weighted by Gasteiger charge is -2.28. The van der Waals surface area contributed by atoms with E-state index in [2.05, 4.69) is 50.9 Å². The zero-order valence-corrected chi connectivity index (χ0v) is 14.7. The number of benzene rings is 1. The van der Waals surface area contributed by atoms with Gasteiger partial charge in [-0.25, -0.2) is 4.98 Å². The van der Waals surface area contributed by atoms with Gasteiger partial charge in [0, 0.05) is 24.1 Å². The summed E-state index contributed by atoms with van der Waals surface area (Å²) in [5.74, 6) is 1.64. The number of nitrogens with two attached hydrogens (primary N) is 1. The number of hydrogen-bond donors (Lipinski definition) is 3. The number of fused-ring (bicyclic) bond motifs is 1. The zero-order valence-electron chi connectivity index (χ0n) is 14.7. The first kappa shape index (κ1) is 16.3. The second kappa shape index (κ2) is 7.40. The van der Waals surface area contributed by atoms with E-state index in [4.69, 9.17) is 5.73 Å². The van der Waals surface area contributed by atoms with E-state index >= 15 is 0 Å². The van der Waals surface area contributed by atoms with Crippen LogP contribution in [-0.4, -0.2) is 29.1 Å². The molecule has 2 heterocycles. The fraction of sp³-hybridized carbons (Fsp3) is 0.500. The van der Waals surface area contributed by atoms with Gasteiger partial charge in [-0.3, -0.25) is 0 Å². The number of aromatic nitrogens is 2. The molecule has 5 heteroatoms. The Morgan fingerprint density at radius 3 is 2.76 bits per heavy atom. The van der Waals surface area contributed by atoms with E-state index in [0.717, 1.165) is 43.9 Å². The highest BCUT2D eigenvalue weighted by Gasteiger charge is 2.27. The predicted molar refractivity (Wildman–Crippen MR) is 102 cm³/mol. The molecule has 132 valence electrons. The summed E-state index contributed by atoms with van der Waals surface area (Å²) in [4.78, 5) is 9.16. The van der Waals surface area contributed by atoms with Crippen LogP contribution in [0.1, 0.15) is 54.8 Å². The van der Waals surface area contributed by atoms with Gasteiger partial charge in [0.1, 0.15) is 5.82 Å². The third-order valence-corrected chi connectivity index (χ3v) is 5.44. The van der Waals surface area contributed by atoms with Crippen molar-refractivity contribution in [2.45, 2.75) is 50.5 Å². The van der Waals surface area contributed by atoms with Crippen LogP contribution in [0.3, 0.4) is 0 Å². The molecule has 1 aliphatic carbocycles. The van der Waals surface area contributed by atoms with Gasteiger partial charge in [0.05, 0.1) is 5.69 Å². The summed E-state index contributed by atoms with van der Waals surface area (Å²) in [5.41, 5.74) is 9.74. The highest BCUT2D eigenvalue weighted by Crippen LogP contribution is 2.38. The van der Waals surface area contributed by atoms with Crippen LogP contribution in [0.25, 0.3) is 0 Å². The van der Waals surface area contributed by atoms with Crippen LogP contribution in [0.15, 0.2) is 30.3 Å². The van der Waals surface area contributed by atoms with Gasteiger partial charge in [-0.1, -0.05) is 36.8 Å². The van der Waals surface area contributed by atoms with Gasteiger partial charge in [-0.05, 0) is 44.2 Å². The molecule has 1 fully saturated rings. The summed E-state index contributed by atoms with van der Waals surface area (Å²) in [6.07, 6.45) is 7.12. The summed E-state index contributed by atoms with van der Waals surface area (Å²) in [5, 5.41) is 7.14. The quantitative estimate of drug-likeness (QED) is 0.799. The minimum atomic E-state index is 0.323. The van der Waals surface area contributed by atoms with E-state index in [-0.39, 0.29) is 0 Å². The molecule has 4 N–H and O–H groups in total. The summed E-state index contributed by atoms with van der Waals surface area (Å²) in [7, 11) is 0. The van der Waals surface area contributed by atoms with Gasteiger partial charge in [0.15, 0.2) is 0 Å². The van der Waals surface area contributed by atoms with Crippen molar-refractivity contribution in [1.29, 1.82) is 0 Å². The molecule has 4 rings (SSSR count). The fourth-order valence-corrected chi connectivity index (χ4v) is 4.15. The Morgan fingerprint density at radius 1 is 1.08 bits per heavy atom. The van der Waals surface area contributed by atoms with Crippen LogP contribution >= 0.6 is 0 Å². The molecule has 0 saturated carbocycles. The molecular weight excluding hydrogens is 310 g/mol. The number of rotatable bonds is 4. The molecular formula is C20H27N5. The van der Waals surface area contributed by atoms with E-state index in [1.807, 2.05) is 0 Å². The number of hydrogen-bond acceptors (Lipinski definition) is 5. The molecule has 2 atom stereocenters. The molecule has 0 bridgehead atoms. The van der Waals surface area contributed by atoms with Crippen molar-refractivity contribution in [3.63, 3.8) is 0 Å². The van der Waals surface area contributed by atoms with Crippen LogP contribution in [-0.2, 0) is 6.42 Å². The molecule has 0 radical (unpaired) electrons. The van der Waals surface area contributed by atoms with Crippen LogP contribution in [0, 0.1) is 0 Å². The van der Waals surface area contributed by atoms with Gasteiger partial charge in [-0.2, -0.15) is 4.98 Å². The summed E-state index contributed by atoms with van der Waals surface area (Å²) < 4.78 is 0. The molecule has 2 unspecified atom stereocenters. The molecule has 1 saturated heterocycles. The maximum Gasteiger partial charge on any atom is 0.222 e. The monoisotopic (exact) mass is 337 g/mol. The molecule has 0 amide bonds. The Labute approximate surface area is 149 Å². The molecule has 2 aromatic rings. The van der Waals surface area contributed by atoms with Crippen molar-refractivity contribution < 1.29 is 0 Å². The van der Waals surface area contributed by atoms with E-state index in [9.17, 15) is 0 Å². The van der Waals surface area contributed by atoms with Crippen molar-refractivity contribution in [3.8, 4) is 0 Å². The summed E-state index contributed by atoms with van der Waals surface area (Å²) in [6, 6.07) is 11.2. The Morgan fingerprint density at radius 2 is 1.96 bits per heavy atom. The molecule has 2 aliphatic rings. The normalized spacial score (nSPS) is 23.0. The van der Waals surface area contributed by atoms with E-state index in [1.165, 1.54) is 30.4 Å². The van der Waals surface area contributed by atoms with Crippen molar-refractivity contribution in [2.24, 2.45) is 0 Å². The van der Waals surface area contributed by atoms with Crippen LogP contribution in [0.5, 0.6) is 0 Å². The third-order valence-electron chi connectivity index (χ3n) is 5.44. The Hall–Kier alpha value is -2.14. The van der Waals surface area contributed by atoms with Gasteiger partial charge in [0.25, 0.3) is 0 Å². The van der Waals surface area contributed by atoms with Crippen molar-refractivity contribution in [3.05, 3.63) is 47.2 Å². The number of piperidine rings is 1. The highest BCUT2D eigenvalue weighted by atomic mass is 15.1.